The number of aliphatic carboxylic acids is 1. The van der Waals surface area contributed by atoms with Crippen molar-refractivity contribution in [1.82, 2.24) is 5.32 Å². The lowest BCUT2D eigenvalue weighted by Crippen LogP contribution is -2.61. The van der Waals surface area contributed by atoms with Crippen molar-refractivity contribution in [2.75, 3.05) is 6.61 Å². The number of carboxylic acids is 1. The summed E-state index contributed by atoms with van der Waals surface area (Å²) in [4.78, 5) is 62.1. The highest BCUT2D eigenvalue weighted by molar-refractivity contribution is 6.01. The molecule has 11 nitrogen and oxygen atoms in total. The molecule has 0 aromatic heterocycles. The highest BCUT2D eigenvalue weighted by atomic mass is 16.5. The van der Waals surface area contributed by atoms with Gasteiger partial charge in [-0.15, -0.1) is 0 Å². The largest absolute Gasteiger partial charge is 0.480 e. The van der Waals surface area contributed by atoms with Crippen molar-refractivity contribution in [2.45, 2.75) is 82.6 Å². The van der Waals surface area contributed by atoms with Gasteiger partial charge in [0.2, 0.25) is 11.7 Å². The van der Waals surface area contributed by atoms with Gasteiger partial charge in [0.25, 0.3) is 0 Å². The molecule has 0 unspecified atom stereocenters. The number of hydrogen-bond acceptors (Lipinski definition) is 9. The number of esters is 1. The van der Waals surface area contributed by atoms with Gasteiger partial charge in [0.1, 0.15) is 11.7 Å². The molecule has 0 bridgehead atoms. The number of aliphatic hydroxyl groups excluding tert-OH is 2. The predicted octanol–water partition coefficient (Wildman–Crippen LogP) is 2.19. The van der Waals surface area contributed by atoms with E-state index in [1.807, 2.05) is 19.9 Å². The van der Waals surface area contributed by atoms with Crippen molar-refractivity contribution in [1.29, 1.82) is 0 Å². The zero-order valence-corrected chi connectivity index (χ0v) is 25.5. The molecule has 0 radical (unpaired) electrons. The first kappa shape index (κ1) is 32.7. The summed E-state index contributed by atoms with van der Waals surface area (Å²) >= 11 is 0. The number of aliphatic hydroxyl groups is 3. The second-order valence-electron chi connectivity index (χ2n) is 13.4. The van der Waals surface area contributed by atoms with E-state index in [1.54, 1.807) is 30.4 Å². The molecule has 1 aromatic rings. The molecular formula is C34H41NO10. The third-order valence-electron chi connectivity index (χ3n) is 11.1. The Morgan fingerprint density at radius 3 is 2.49 bits per heavy atom. The molecule has 45 heavy (non-hydrogen) atoms. The summed E-state index contributed by atoms with van der Waals surface area (Å²) in [6.07, 6.45) is 4.24. The van der Waals surface area contributed by atoms with E-state index in [4.69, 9.17) is 4.74 Å². The quantitative estimate of drug-likeness (QED) is 0.242. The second kappa shape index (κ2) is 12.3. The smallest absolute Gasteiger partial charge is 0.329 e. The third-order valence-corrected chi connectivity index (χ3v) is 11.1. The number of nitrogens with one attached hydrogen (secondary N) is 1. The molecule has 3 fully saturated rings. The monoisotopic (exact) mass is 623 g/mol. The molecule has 4 aliphatic carbocycles. The van der Waals surface area contributed by atoms with Crippen LogP contribution in [0.2, 0.25) is 0 Å². The van der Waals surface area contributed by atoms with Crippen molar-refractivity contribution >= 4 is 29.4 Å². The summed E-state index contributed by atoms with van der Waals surface area (Å²) < 4.78 is 5.15. The maximum atomic E-state index is 13.5. The first-order valence-corrected chi connectivity index (χ1v) is 15.5. The van der Waals surface area contributed by atoms with Gasteiger partial charge in [-0.2, -0.15) is 0 Å². The number of Topliss-reactive ketones (excluding diaryl/α,β-unsaturated/α-hetero) is 1. The van der Waals surface area contributed by atoms with Gasteiger partial charge in [-0.25, -0.2) is 4.79 Å². The minimum atomic E-state index is -1.82. The molecule has 1 aromatic carbocycles. The number of ketones is 2. The molecule has 3 saturated carbocycles. The van der Waals surface area contributed by atoms with Crippen LogP contribution < -0.4 is 5.32 Å². The molecule has 11 heteroatoms. The van der Waals surface area contributed by atoms with Gasteiger partial charge in [-0.1, -0.05) is 55.8 Å². The van der Waals surface area contributed by atoms with Crippen LogP contribution in [0.1, 0.15) is 70.5 Å². The van der Waals surface area contributed by atoms with Crippen LogP contribution in [0.3, 0.4) is 0 Å². The minimum Gasteiger partial charge on any atom is -0.480 e. The zero-order chi connectivity index (χ0) is 32.7. The number of carboxylic acid groups (broad SMARTS) is 1. The van der Waals surface area contributed by atoms with Crippen molar-refractivity contribution in [3.05, 3.63) is 59.7 Å². The Kier molecular flexibility index (Phi) is 8.91. The van der Waals surface area contributed by atoms with Crippen molar-refractivity contribution in [3.63, 3.8) is 0 Å². The molecule has 1 amide bonds. The number of carbonyl (C=O) groups excluding carboxylic acids is 4. The Bertz CT molecular complexity index is 1440. The fourth-order valence-electron chi connectivity index (χ4n) is 8.71. The standard InChI is InChI=1S/C34H41NO10/c1-32-14-12-21(36)16-20(32)8-9-22-23-13-15-34(44,33(23,2)17-24(37)28(22)32)25(38)18-45-27(40)11-10-26(39)35-29(31(42)43)30(41)19-6-4-3-5-7-19/h3-7,12,14,16,22-24,28-30,37,41,44H,8-11,13,15,17-18H2,1-2H3,(H,35,39)(H,42,43)/t22-,23-,24-,28+,29+,30+,32-,33-,34-/m0/s1. The number of benzene rings is 1. The number of ether oxygens (including phenoxy) is 1. The van der Waals surface area contributed by atoms with E-state index in [0.717, 1.165) is 12.0 Å². The van der Waals surface area contributed by atoms with E-state index in [9.17, 15) is 44.4 Å². The topological polar surface area (TPSA) is 188 Å². The molecule has 242 valence electrons. The van der Waals surface area contributed by atoms with Gasteiger partial charge in [0.05, 0.1) is 12.5 Å². The molecule has 5 N–H and O–H groups in total. The summed E-state index contributed by atoms with van der Waals surface area (Å²) in [5.74, 6) is -4.04. The van der Waals surface area contributed by atoms with Gasteiger partial charge in [0.15, 0.2) is 18.4 Å². The molecular weight excluding hydrogens is 582 g/mol. The zero-order valence-electron chi connectivity index (χ0n) is 25.5. The van der Waals surface area contributed by atoms with Crippen LogP contribution in [-0.2, 0) is 28.7 Å². The Morgan fingerprint density at radius 1 is 1.09 bits per heavy atom. The summed E-state index contributed by atoms with van der Waals surface area (Å²) in [7, 11) is 0. The van der Waals surface area contributed by atoms with Crippen LogP contribution >= 0.6 is 0 Å². The lowest BCUT2D eigenvalue weighted by Gasteiger charge is -2.59. The Balaban J connectivity index is 1.17. The SMILES string of the molecule is C[C@]12C=CC(=O)C=C1CC[C@@H]1[C@@H]2[C@@H](O)C[C@@]2(C)[C@H]1CC[C@]2(O)C(=O)COC(=O)CCC(=O)N[C@@H](C(=O)O)[C@H](O)c1ccccc1. The number of fused-ring (bicyclic) bond motifs is 5. The van der Waals surface area contributed by atoms with Crippen molar-refractivity contribution in [2.24, 2.45) is 28.6 Å². The first-order valence-electron chi connectivity index (χ1n) is 15.5. The fraction of sp³-hybridized carbons (Fsp3) is 0.559. The molecule has 0 spiro atoms. The summed E-state index contributed by atoms with van der Waals surface area (Å²) in [5.41, 5.74) is -1.94. The normalized spacial score (nSPS) is 34.8. The van der Waals surface area contributed by atoms with Crippen LogP contribution in [0.4, 0.5) is 0 Å². The van der Waals surface area contributed by atoms with Crippen LogP contribution in [0, 0.1) is 28.6 Å². The van der Waals surface area contributed by atoms with E-state index in [0.29, 0.717) is 18.4 Å². The van der Waals surface area contributed by atoms with Gasteiger partial charge in [-0.05, 0) is 61.7 Å². The lowest BCUT2D eigenvalue weighted by molar-refractivity contribution is -0.181. The van der Waals surface area contributed by atoms with E-state index in [-0.39, 0.29) is 36.4 Å². The van der Waals surface area contributed by atoms with E-state index in [1.165, 1.54) is 12.1 Å². The summed E-state index contributed by atoms with van der Waals surface area (Å²) in [6, 6.07) is 6.34. The van der Waals surface area contributed by atoms with Crippen LogP contribution in [0.15, 0.2) is 54.1 Å². The minimum absolute atomic E-state index is 0.0247. The molecule has 0 heterocycles. The van der Waals surface area contributed by atoms with Crippen LogP contribution in [0.5, 0.6) is 0 Å². The molecule has 0 aliphatic heterocycles. The first-order chi connectivity index (χ1) is 21.2. The summed E-state index contributed by atoms with van der Waals surface area (Å²) in [5, 5.41) is 45.5. The van der Waals surface area contributed by atoms with Gasteiger partial charge >= 0.3 is 11.9 Å². The number of carbonyl (C=O) groups is 5. The van der Waals surface area contributed by atoms with Gasteiger partial charge in [0, 0.05) is 23.2 Å². The Morgan fingerprint density at radius 2 is 1.80 bits per heavy atom. The maximum absolute atomic E-state index is 13.5. The van der Waals surface area contributed by atoms with Gasteiger partial charge in [-0.3, -0.25) is 19.2 Å². The van der Waals surface area contributed by atoms with Gasteiger partial charge < -0.3 is 30.5 Å². The molecule has 5 rings (SSSR count). The van der Waals surface area contributed by atoms with E-state index < -0.39 is 77.8 Å². The number of allylic oxidation sites excluding steroid dienone is 4. The Labute approximate surface area is 261 Å². The number of hydrogen-bond donors (Lipinski definition) is 5. The van der Waals surface area contributed by atoms with E-state index >= 15 is 0 Å². The second-order valence-corrected chi connectivity index (χ2v) is 13.4. The highest BCUT2D eigenvalue weighted by Gasteiger charge is 2.68. The number of amides is 1. The lowest BCUT2D eigenvalue weighted by atomic mass is 9.46. The average molecular weight is 624 g/mol. The fourth-order valence-corrected chi connectivity index (χ4v) is 8.71. The molecule has 0 saturated heterocycles. The van der Waals surface area contributed by atoms with Crippen molar-refractivity contribution < 1.29 is 49.1 Å². The predicted molar refractivity (Wildman–Crippen MR) is 159 cm³/mol. The summed E-state index contributed by atoms with van der Waals surface area (Å²) in [6.45, 7) is 3.16. The molecule has 9 atom stereocenters. The van der Waals surface area contributed by atoms with Crippen LogP contribution in [-0.4, -0.2) is 74.2 Å². The van der Waals surface area contributed by atoms with Crippen molar-refractivity contribution in [3.8, 4) is 0 Å². The average Bonchev–Trinajstić information content (AvgIpc) is 3.28. The third kappa shape index (κ3) is 5.77. The highest BCUT2D eigenvalue weighted by Crippen LogP contribution is 2.67. The molecule has 4 aliphatic rings. The van der Waals surface area contributed by atoms with E-state index in [2.05, 4.69) is 5.32 Å². The Hall–Kier alpha value is -3.67. The van der Waals surface area contributed by atoms with Crippen LogP contribution in [0.25, 0.3) is 0 Å². The number of rotatable bonds is 10. The maximum Gasteiger partial charge on any atom is 0.329 e.